The summed E-state index contributed by atoms with van der Waals surface area (Å²) in [4.78, 5) is 25.0. The van der Waals surface area contributed by atoms with Crippen LogP contribution in [-0.4, -0.2) is 39.6 Å². The molecule has 3 heterocycles. The Morgan fingerprint density at radius 1 is 1.30 bits per heavy atom. The van der Waals surface area contributed by atoms with Gasteiger partial charge in [0, 0.05) is 12.4 Å². The van der Waals surface area contributed by atoms with Gasteiger partial charge in [-0.2, -0.15) is 0 Å². The third-order valence-electron chi connectivity index (χ3n) is 3.66. The Morgan fingerprint density at radius 2 is 2.13 bits per heavy atom. The Hall–Kier alpha value is -2.80. The van der Waals surface area contributed by atoms with Crippen molar-refractivity contribution in [1.82, 2.24) is 24.8 Å². The fourth-order valence-corrected chi connectivity index (χ4v) is 2.33. The van der Waals surface area contributed by atoms with Crippen LogP contribution in [0.1, 0.15) is 29.1 Å². The molecule has 0 saturated carbocycles. The van der Waals surface area contributed by atoms with E-state index in [1.807, 2.05) is 30.7 Å². The van der Waals surface area contributed by atoms with E-state index in [4.69, 9.17) is 4.74 Å². The van der Waals surface area contributed by atoms with E-state index in [0.29, 0.717) is 11.4 Å². The van der Waals surface area contributed by atoms with Crippen LogP contribution in [0.5, 0.6) is 0 Å². The van der Waals surface area contributed by atoms with E-state index in [9.17, 15) is 4.79 Å². The minimum atomic E-state index is -0.415. The van der Waals surface area contributed by atoms with Crippen molar-refractivity contribution in [3.05, 3.63) is 48.0 Å². The van der Waals surface area contributed by atoms with Gasteiger partial charge >= 0.3 is 5.97 Å². The monoisotopic (exact) mass is 311 g/mol. The summed E-state index contributed by atoms with van der Waals surface area (Å²) in [6.45, 7) is 2.01. The molecule has 23 heavy (non-hydrogen) atoms. The van der Waals surface area contributed by atoms with Crippen LogP contribution >= 0.6 is 0 Å². The van der Waals surface area contributed by atoms with Crippen molar-refractivity contribution in [3.63, 3.8) is 0 Å². The Morgan fingerprint density at radius 3 is 2.78 bits per heavy atom. The number of methoxy groups -OCH3 is 1. The largest absolute Gasteiger partial charge is 0.465 e. The van der Waals surface area contributed by atoms with Gasteiger partial charge in [0.1, 0.15) is 17.2 Å². The van der Waals surface area contributed by atoms with Gasteiger partial charge in [0.25, 0.3) is 0 Å². The lowest BCUT2D eigenvalue weighted by atomic mass is 10.2. The summed E-state index contributed by atoms with van der Waals surface area (Å²) in [6.07, 6.45) is 3.21. The molecule has 7 nitrogen and oxygen atoms in total. The quantitative estimate of drug-likeness (QED) is 0.741. The molecule has 0 bridgehead atoms. The van der Waals surface area contributed by atoms with E-state index >= 15 is 0 Å². The number of carbonyl (C=O) groups excluding carboxylic acids is 1. The Kier molecular flexibility index (Phi) is 4.03. The van der Waals surface area contributed by atoms with Crippen LogP contribution in [0.4, 0.5) is 0 Å². The van der Waals surface area contributed by atoms with Crippen LogP contribution in [0.15, 0.2) is 36.7 Å². The fraction of sp³-hybridized carbons (Fsp3) is 0.250. The smallest absolute Gasteiger partial charge is 0.339 e. The first kappa shape index (κ1) is 15.1. The SMILES string of the molecule is CNC(C)c1nc2cccnc2n1-c1ccc(C(=O)OC)cn1. The second-order valence-corrected chi connectivity index (χ2v) is 5.06. The minimum Gasteiger partial charge on any atom is -0.465 e. The molecular formula is C16H17N5O2. The average Bonchev–Trinajstić information content (AvgIpc) is 3.00. The van der Waals surface area contributed by atoms with Gasteiger partial charge in [-0.25, -0.2) is 19.7 Å². The summed E-state index contributed by atoms with van der Waals surface area (Å²) in [5.41, 5.74) is 1.92. The molecule has 0 spiro atoms. The third kappa shape index (κ3) is 2.66. The lowest BCUT2D eigenvalue weighted by Crippen LogP contribution is -2.18. The molecule has 0 aliphatic carbocycles. The highest BCUT2D eigenvalue weighted by Crippen LogP contribution is 2.22. The predicted octanol–water partition coefficient (Wildman–Crippen LogP) is 1.88. The van der Waals surface area contributed by atoms with E-state index in [1.54, 1.807) is 18.3 Å². The van der Waals surface area contributed by atoms with Crippen LogP contribution in [0.25, 0.3) is 17.0 Å². The van der Waals surface area contributed by atoms with Gasteiger partial charge in [-0.1, -0.05) is 0 Å². The number of nitrogens with one attached hydrogen (secondary N) is 1. The topological polar surface area (TPSA) is 81.9 Å². The van der Waals surface area contributed by atoms with Gasteiger partial charge < -0.3 is 10.1 Å². The summed E-state index contributed by atoms with van der Waals surface area (Å²) >= 11 is 0. The molecule has 7 heteroatoms. The number of rotatable bonds is 4. The van der Waals surface area contributed by atoms with Gasteiger partial charge in [-0.15, -0.1) is 0 Å². The molecule has 0 fully saturated rings. The van der Waals surface area contributed by atoms with E-state index in [-0.39, 0.29) is 6.04 Å². The van der Waals surface area contributed by atoms with Crippen LogP contribution in [-0.2, 0) is 4.74 Å². The highest BCUT2D eigenvalue weighted by molar-refractivity contribution is 5.89. The summed E-state index contributed by atoms with van der Waals surface area (Å²) < 4.78 is 6.58. The van der Waals surface area contributed by atoms with Crippen molar-refractivity contribution in [3.8, 4) is 5.82 Å². The maximum absolute atomic E-state index is 11.5. The Labute approximate surface area is 133 Å². The number of imidazole rings is 1. The standard InChI is InChI=1S/C16H17N5O2/c1-10(17-2)14-20-12-5-4-8-18-15(12)21(14)13-7-6-11(9-19-13)16(22)23-3/h4-10,17H,1-3H3. The van der Waals surface area contributed by atoms with Gasteiger partial charge in [0.2, 0.25) is 0 Å². The molecule has 1 atom stereocenters. The molecule has 1 N–H and O–H groups in total. The number of aromatic nitrogens is 4. The summed E-state index contributed by atoms with van der Waals surface area (Å²) in [6, 6.07) is 7.21. The molecule has 0 aliphatic rings. The number of ether oxygens (including phenoxy) is 1. The number of nitrogens with zero attached hydrogens (tertiary/aromatic N) is 4. The zero-order chi connectivity index (χ0) is 16.4. The zero-order valence-corrected chi connectivity index (χ0v) is 13.1. The first-order chi connectivity index (χ1) is 11.2. The maximum Gasteiger partial charge on any atom is 0.339 e. The summed E-state index contributed by atoms with van der Waals surface area (Å²) in [7, 11) is 3.21. The van der Waals surface area contributed by atoms with Crippen molar-refractivity contribution in [2.75, 3.05) is 14.2 Å². The lowest BCUT2D eigenvalue weighted by Gasteiger charge is -2.13. The normalized spacial score (nSPS) is 12.3. The van der Waals surface area contributed by atoms with Crippen molar-refractivity contribution in [2.24, 2.45) is 0 Å². The van der Waals surface area contributed by atoms with Crippen LogP contribution in [0, 0.1) is 0 Å². The highest BCUT2D eigenvalue weighted by atomic mass is 16.5. The van der Waals surface area contributed by atoms with Crippen molar-refractivity contribution in [2.45, 2.75) is 13.0 Å². The number of carbonyl (C=O) groups is 1. The average molecular weight is 311 g/mol. The number of hydrogen-bond donors (Lipinski definition) is 1. The number of esters is 1. The predicted molar refractivity (Wildman–Crippen MR) is 85.5 cm³/mol. The second kappa shape index (κ2) is 6.13. The van der Waals surface area contributed by atoms with Crippen LogP contribution in [0.2, 0.25) is 0 Å². The zero-order valence-electron chi connectivity index (χ0n) is 13.1. The number of hydrogen-bond acceptors (Lipinski definition) is 6. The van der Waals surface area contributed by atoms with Crippen LogP contribution < -0.4 is 5.32 Å². The fourth-order valence-electron chi connectivity index (χ4n) is 2.33. The molecule has 0 radical (unpaired) electrons. The lowest BCUT2D eigenvalue weighted by molar-refractivity contribution is 0.0600. The minimum absolute atomic E-state index is 0.0197. The number of pyridine rings is 2. The molecule has 3 rings (SSSR count). The van der Waals surface area contributed by atoms with E-state index < -0.39 is 5.97 Å². The summed E-state index contributed by atoms with van der Waals surface area (Å²) in [5.74, 6) is 1.04. The molecule has 3 aromatic heterocycles. The first-order valence-corrected chi connectivity index (χ1v) is 7.21. The molecule has 1 unspecified atom stereocenters. The van der Waals surface area contributed by atoms with Gasteiger partial charge in [0.15, 0.2) is 5.65 Å². The molecule has 3 aromatic rings. The van der Waals surface area contributed by atoms with E-state index in [0.717, 1.165) is 17.0 Å². The maximum atomic E-state index is 11.5. The molecule has 0 aliphatic heterocycles. The Bertz CT molecular complexity index is 841. The van der Waals surface area contributed by atoms with Crippen molar-refractivity contribution in [1.29, 1.82) is 0 Å². The third-order valence-corrected chi connectivity index (χ3v) is 3.66. The summed E-state index contributed by atoms with van der Waals surface area (Å²) in [5, 5.41) is 3.18. The van der Waals surface area contributed by atoms with Gasteiger partial charge in [-0.3, -0.25) is 4.57 Å². The Balaban J connectivity index is 2.16. The molecule has 118 valence electrons. The van der Waals surface area contributed by atoms with Crippen LogP contribution in [0.3, 0.4) is 0 Å². The van der Waals surface area contributed by atoms with Crippen molar-refractivity contribution < 1.29 is 9.53 Å². The van der Waals surface area contributed by atoms with E-state index in [1.165, 1.54) is 13.3 Å². The highest BCUT2D eigenvalue weighted by Gasteiger charge is 2.18. The van der Waals surface area contributed by atoms with Crippen molar-refractivity contribution >= 4 is 17.1 Å². The van der Waals surface area contributed by atoms with Gasteiger partial charge in [-0.05, 0) is 38.2 Å². The molecule has 0 aromatic carbocycles. The first-order valence-electron chi connectivity index (χ1n) is 7.21. The van der Waals surface area contributed by atoms with E-state index in [2.05, 4.69) is 20.3 Å². The molecule has 0 saturated heterocycles. The molecule has 0 amide bonds. The molecular weight excluding hydrogens is 294 g/mol. The van der Waals surface area contributed by atoms with Gasteiger partial charge in [0.05, 0.1) is 18.7 Å². The second-order valence-electron chi connectivity index (χ2n) is 5.06. The number of fused-ring (bicyclic) bond motifs is 1.